The number of esters is 1. The van der Waals surface area contributed by atoms with Gasteiger partial charge in [0.25, 0.3) is 0 Å². The summed E-state index contributed by atoms with van der Waals surface area (Å²) < 4.78 is 79.0. The molecule has 1 saturated heterocycles. The lowest BCUT2D eigenvalue weighted by Crippen LogP contribution is -2.45. The number of carbonyl (C=O) groups is 2. The van der Waals surface area contributed by atoms with Gasteiger partial charge < -0.3 is 19.7 Å². The van der Waals surface area contributed by atoms with Crippen LogP contribution in [0.2, 0.25) is 5.02 Å². The van der Waals surface area contributed by atoms with Gasteiger partial charge in [-0.05, 0) is 44.9 Å². The number of rotatable bonds is 8. The molecule has 8 nitrogen and oxygen atoms in total. The molecule has 214 valence electrons. The van der Waals surface area contributed by atoms with E-state index in [1.54, 1.807) is 6.07 Å². The van der Waals surface area contributed by atoms with Crippen molar-refractivity contribution in [3.8, 4) is 0 Å². The van der Waals surface area contributed by atoms with Gasteiger partial charge in [-0.1, -0.05) is 11.6 Å². The Morgan fingerprint density at radius 1 is 1.21 bits per heavy atom. The second-order valence-corrected chi connectivity index (χ2v) is 10.2. The van der Waals surface area contributed by atoms with E-state index in [9.17, 15) is 31.5 Å². The number of hydrogen-bond donors (Lipinski definition) is 1. The number of ether oxygens (including phenoxy) is 2. The van der Waals surface area contributed by atoms with Crippen molar-refractivity contribution in [1.29, 1.82) is 0 Å². The second-order valence-electron chi connectivity index (χ2n) is 9.78. The number of nitrogens with zero attached hydrogens (tertiary/aromatic N) is 3. The molecule has 1 aliphatic carbocycles. The van der Waals surface area contributed by atoms with E-state index in [1.165, 1.54) is 12.1 Å². The maximum Gasteiger partial charge on any atom is 0.436 e. The van der Waals surface area contributed by atoms with E-state index < -0.39 is 53.6 Å². The summed E-state index contributed by atoms with van der Waals surface area (Å²) in [5.74, 6) is -2.30. The highest BCUT2D eigenvalue weighted by atomic mass is 35.5. The number of anilines is 2. The van der Waals surface area contributed by atoms with Crippen LogP contribution in [0.3, 0.4) is 0 Å². The van der Waals surface area contributed by atoms with Crippen molar-refractivity contribution < 1.29 is 41.0 Å². The highest BCUT2D eigenvalue weighted by molar-refractivity contribution is 6.32. The van der Waals surface area contributed by atoms with Gasteiger partial charge in [0.15, 0.2) is 5.69 Å². The number of benzene rings is 1. The molecule has 0 radical (unpaired) electrons. The molecular formula is C25H28ClF5N4O4. The standard InChI is InChI=1S/C25H28ClF5N4O4/c1-12-10-34(11-13(2)39-12)15-6-7-17(16(8-15)24(37)38-3)32-23(36)18(9-19(27)28)35-21(14-4-5-14)20(26)22(33-35)25(29,30)31/h6-8,12-14,18-19H,4-5,9-11H2,1-3H3,(H,32,36)/t12-,13?,18-/m0/s1. The van der Waals surface area contributed by atoms with Crippen LogP contribution in [0, 0.1) is 0 Å². The average molecular weight is 579 g/mol. The number of carbonyl (C=O) groups excluding carboxylic acids is 2. The van der Waals surface area contributed by atoms with Crippen LogP contribution in [0.1, 0.15) is 66.8 Å². The first-order chi connectivity index (χ1) is 18.3. The topological polar surface area (TPSA) is 85.7 Å². The van der Waals surface area contributed by atoms with E-state index in [0.29, 0.717) is 36.3 Å². The molecule has 0 bridgehead atoms. The van der Waals surface area contributed by atoms with Gasteiger partial charge in [0, 0.05) is 31.1 Å². The molecule has 14 heteroatoms. The van der Waals surface area contributed by atoms with Crippen molar-refractivity contribution in [1.82, 2.24) is 9.78 Å². The number of nitrogens with one attached hydrogen (secondary N) is 1. The Balaban J connectivity index is 1.69. The smallest absolute Gasteiger partial charge is 0.436 e. The Bertz CT molecular complexity index is 1220. The third-order valence-electron chi connectivity index (χ3n) is 6.57. The van der Waals surface area contributed by atoms with Gasteiger partial charge in [-0.25, -0.2) is 13.6 Å². The lowest BCUT2D eigenvalue weighted by molar-refractivity contribution is -0.141. The normalized spacial score (nSPS) is 20.7. The van der Waals surface area contributed by atoms with Crippen molar-refractivity contribution in [2.75, 3.05) is 30.4 Å². The molecule has 3 atom stereocenters. The minimum atomic E-state index is -4.94. The molecule has 1 unspecified atom stereocenters. The Kier molecular flexibility index (Phi) is 8.41. The number of hydrogen-bond acceptors (Lipinski definition) is 6. The zero-order valence-corrected chi connectivity index (χ0v) is 22.2. The molecule has 1 N–H and O–H groups in total. The first kappa shape index (κ1) is 29.1. The Labute approximate surface area is 226 Å². The number of morpholine rings is 1. The number of alkyl halides is 5. The van der Waals surface area contributed by atoms with Gasteiger partial charge in [-0.15, -0.1) is 0 Å². The van der Waals surface area contributed by atoms with E-state index in [0.717, 1.165) is 7.11 Å². The fourth-order valence-corrected chi connectivity index (χ4v) is 5.16. The largest absolute Gasteiger partial charge is 0.465 e. The SMILES string of the molecule is COC(=O)c1cc(N2CC(C)O[C@@H](C)C2)ccc1NC(=O)[C@H](CC(F)F)n1nc(C(F)(F)F)c(Cl)c1C1CC1. The van der Waals surface area contributed by atoms with Gasteiger partial charge in [0.1, 0.15) is 6.04 Å². The van der Waals surface area contributed by atoms with Crippen LogP contribution in [-0.2, 0) is 20.4 Å². The van der Waals surface area contributed by atoms with Crippen LogP contribution in [-0.4, -0.2) is 60.5 Å². The predicted octanol–water partition coefficient (Wildman–Crippen LogP) is 5.67. The first-order valence-electron chi connectivity index (χ1n) is 12.4. The fraction of sp³-hybridized carbons (Fsp3) is 0.560. The van der Waals surface area contributed by atoms with Crippen LogP contribution in [0.25, 0.3) is 0 Å². The van der Waals surface area contributed by atoms with Crippen LogP contribution < -0.4 is 10.2 Å². The minimum Gasteiger partial charge on any atom is -0.465 e. The molecule has 1 aromatic heterocycles. The minimum absolute atomic E-state index is 0.0495. The molecule has 1 aromatic carbocycles. The van der Waals surface area contributed by atoms with Crippen molar-refractivity contribution in [2.24, 2.45) is 0 Å². The van der Waals surface area contributed by atoms with E-state index >= 15 is 0 Å². The summed E-state index contributed by atoms with van der Waals surface area (Å²) in [5, 5.41) is 5.20. The third-order valence-corrected chi connectivity index (χ3v) is 6.94. The molecule has 39 heavy (non-hydrogen) atoms. The Morgan fingerprint density at radius 2 is 1.85 bits per heavy atom. The predicted molar refractivity (Wildman–Crippen MR) is 133 cm³/mol. The quantitative estimate of drug-likeness (QED) is 0.321. The zero-order chi connectivity index (χ0) is 28.6. The van der Waals surface area contributed by atoms with Crippen LogP contribution >= 0.6 is 11.6 Å². The molecule has 2 fully saturated rings. The van der Waals surface area contributed by atoms with Gasteiger partial charge in [-0.2, -0.15) is 18.3 Å². The van der Waals surface area contributed by atoms with E-state index in [4.69, 9.17) is 21.1 Å². The van der Waals surface area contributed by atoms with Crippen molar-refractivity contribution in [3.63, 3.8) is 0 Å². The Morgan fingerprint density at radius 3 is 2.38 bits per heavy atom. The summed E-state index contributed by atoms with van der Waals surface area (Å²) in [4.78, 5) is 27.9. The van der Waals surface area contributed by atoms with E-state index in [1.807, 2.05) is 18.7 Å². The van der Waals surface area contributed by atoms with Gasteiger partial charge >= 0.3 is 12.1 Å². The van der Waals surface area contributed by atoms with Crippen molar-refractivity contribution >= 4 is 34.9 Å². The summed E-state index contributed by atoms with van der Waals surface area (Å²) >= 11 is 5.99. The summed E-state index contributed by atoms with van der Waals surface area (Å²) in [7, 11) is 1.14. The van der Waals surface area contributed by atoms with E-state index in [-0.39, 0.29) is 29.2 Å². The molecule has 1 aliphatic heterocycles. The molecule has 2 aromatic rings. The Hall–Kier alpha value is -2.93. The van der Waals surface area contributed by atoms with Crippen LogP contribution in [0.15, 0.2) is 18.2 Å². The number of aromatic nitrogens is 2. The second kappa shape index (κ2) is 11.3. The maximum absolute atomic E-state index is 13.6. The highest BCUT2D eigenvalue weighted by Gasteiger charge is 2.44. The van der Waals surface area contributed by atoms with Gasteiger partial charge in [0.05, 0.1) is 41.3 Å². The number of amides is 1. The van der Waals surface area contributed by atoms with Crippen LogP contribution in [0.5, 0.6) is 0 Å². The molecule has 1 saturated carbocycles. The lowest BCUT2D eigenvalue weighted by atomic mass is 10.1. The molecule has 1 amide bonds. The van der Waals surface area contributed by atoms with Gasteiger partial charge in [0.2, 0.25) is 12.3 Å². The molecular weight excluding hydrogens is 551 g/mol. The summed E-state index contributed by atoms with van der Waals surface area (Å²) in [6.07, 6.45) is -8.29. The number of halogens is 6. The monoisotopic (exact) mass is 578 g/mol. The molecule has 4 rings (SSSR count). The lowest BCUT2D eigenvalue weighted by Gasteiger charge is -2.37. The van der Waals surface area contributed by atoms with Gasteiger partial charge in [-0.3, -0.25) is 9.48 Å². The summed E-state index contributed by atoms with van der Waals surface area (Å²) in [6.45, 7) is 4.89. The molecule has 2 aliphatic rings. The zero-order valence-electron chi connectivity index (χ0n) is 21.4. The average Bonchev–Trinajstić information content (AvgIpc) is 3.62. The van der Waals surface area contributed by atoms with E-state index in [2.05, 4.69) is 10.4 Å². The summed E-state index contributed by atoms with van der Waals surface area (Å²) in [6, 6.07) is 2.73. The third kappa shape index (κ3) is 6.46. The summed E-state index contributed by atoms with van der Waals surface area (Å²) in [5.41, 5.74) is -1.01. The molecule has 2 heterocycles. The highest BCUT2D eigenvalue weighted by Crippen LogP contribution is 2.48. The maximum atomic E-state index is 13.6. The van der Waals surface area contributed by atoms with Crippen molar-refractivity contribution in [3.05, 3.63) is 40.2 Å². The fourth-order valence-electron chi connectivity index (χ4n) is 4.78. The number of methoxy groups -OCH3 is 1. The van der Waals surface area contributed by atoms with Crippen LogP contribution in [0.4, 0.5) is 33.3 Å². The molecule has 0 spiro atoms. The van der Waals surface area contributed by atoms with Crippen molar-refractivity contribution in [2.45, 2.75) is 69.9 Å². The first-order valence-corrected chi connectivity index (χ1v) is 12.7.